The van der Waals surface area contributed by atoms with Crippen LogP contribution in [0.5, 0.6) is 0 Å². The molecule has 2 heterocycles. The number of amides is 2. The summed E-state index contributed by atoms with van der Waals surface area (Å²) in [5, 5.41) is 5.84. The van der Waals surface area contributed by atoms with Crippen molar-refractivity contribution < 1.29 is 9.59 Å². The van der Waals surface area contributed by atoms with Crippen LogP contribution >= 0.6 is 11.3 Å². The smallest absolute Gasteiger partial charge is 0.229 e. The summed E-state index contributed by atoms with van der Waals surface area (Å²) in [6.07, 6.45) is 0.285. The largest absolute Gasteiger partial charge is 0.345 e. The Morgan fingerprint density at radius 3 is 2.91 bits per heavy atom. The molecule has 0 aliphatic carbocycles. The van der Waals surface area contributed by atoms with Crippen LogP contribution in [0.3, 0.4) is 0 Å². The number of aromatic nitrogens is 1. The van der Waals surface area contributed by atoms with Crippen LogP contribution < -0.4 is 5.32 Å². The average molecular weight is 315 g/mol. The van der Waals surface area contributed by atoms with E-state index in [1.54, 1.807) is 23.3 Å². The van der Waals surface area contributed by atoms with Crippen LogP contribution in [0.2, 0.25) is 0 Å². The minimum Gasteiger partial charge on any atom is -0.345 e. The Hall–Kier alpha value is -2.21. The summed E-state index contributed by atoms with van der Waals surface area (Å²) in [6, 6.07) is 7.63. The summed E-state index contributed by atoms with van der Waals surface area (Å²) in [5.74, 6) is -0.361. The molecule has 1 aliphatic heterocycles. The Morgan fingerprint density at radius 2 is 2.27 bits per heavy atom. The lowest BCUT2D eigenvalue weighted by Gasteiger charge is -2.11. The zero-order valence-electron chi connectivity index (χ0n) is 12.5. The van der Waals surface area contributed by atoms with Crippen LogP contribution in [0.1, 0.15) is 12.1 Å². The van der Waals surface area contributed by atoms with Crippen molar-refractivity contribution in [2.75, 3.05) is 18.9 Å². The van der Waals surface area contributed by atoms with E-state index in [0.717, 1.165) is 22.0 Å². The van der Waals surface area contributed by atoms with Crippen LogP contribution in [-0.2, 0) is 9.59 Å². The molecule has 1 saturated heterocycles. The number of anilines is 1. The standard InChI is InChI=1S/C16H17N3O2S/c1-10-9-22-16(17-10)11-4-3-5-13(6-11)18-15(21)12-7-14(20)19(2)8-12/h3-6,9,12H,7-8H2,1-2H3,(H,18,21)/t12-/m1/s1. The van der Waals surface area contributed by atoms with Crippen LogP contribution in [0.15, 0.2) is 29.6 Å². The molecule has 2 amide bonds. The molecule has 2 aromatic rings. The lowest BCUT2D eigenvalue weighted by molar-refractivity contribution is -0.127. The Bertz CT molecular complexity index is 726. The van der Waals surface area contributed by atoms with E-state index in [1.165, 1.54) is 0 Å². The first-order valence-corrected chi connectivity index (χ1v) is 7.98. The predicted molar refractivity (Wildman–Crippen MR) is 86.7 cm³/mol. The lowest BCUT2D eigenvalue weighted by atomic mass is 10.1. The van der Waals surface area contributed by atoms with E-state index in [0.29, 0.717) is 6.54 Å². The zero-order chi connectivity index (χ0) is 15.7. The number of thiazole rings is 1. The number of hydrogen-bond donors (Lipinski definition) is 1. The van der Waals surface area contributed by atoms with E-state index in [1.807, 2.05) is 36.6 Å². The SMILES string of the molecule is Cc1csc(-c2cccc(NC(=O)[C@@H]3CC(=O)N(C)C3)c2)n1. The van der Waals surface area contributed by atoms with Gasteiger partial charge in [0.15, 0.2) is 0 Å². The maximum atomic E-state index is 12.3. The minimum absolute atomic E-state index is 0.0205. The van der Waals surface area contributed by atoms with E-state index < -0.39 is 0 Å². The highest BCUT2D eigenvalue weighted by Gasteiger charge is 2.32. The van der Waals surface area contributed by atoms with Gasteiger partial charge in [-0.05, 0) is 19.1 Å². The van der Waals surface area contributed by atoms with Crippen molar-refractivity contribution in [2.24, 2.45) is 5.92 Å². The monoisotopic (exact) mass is 315 g/mol. The summed E-state index contributed by atoms with van der Waals surface area (Å²) in [6.45, 7) is 2.44. The number of carbonyl (C=O) groups is 2. The van der Waals surface area contributed by atoms with Gasteiger partial charge in [-0.15, -0.1) is 11.3 Å². The average Bonchev–Trinajstić information content (AvgIpc) is 3.06. The van der Waals surface area contributed by atoms with Crippen molar-refractivity contribution in [3.63, 3.8) is 0 Å². The summed E-state index contributed by atoms with van der Waals surface area (Å²) in [5.41, 5.74) is 2.70. The number of rotatable bonds is 3. The van der Waals surface area contributed by atoms with Crippen LogP contribution in [0.4, 0.5) is 5.69 Å². The zero-order valence-corrected chi connectivity index (χ0v) is 13.3. The van der Waals surface area contributed by atoms with Gasteiger partial charge in [-0.3, -0.25) is 9.59 Å². The molecule has 0 bridgehead atoms. The van der Waals surface area contributed by atoms with Crippen LogP contribution in [-0.4, -0.2) is 35.3 Å². The first kappa shape index (κ1) is 14.7. The third-order valence-electron chi connectivity index (χ3n) is 3.71. The molecule has 3 rings (SSSR count). The topological polar surface area (TPSA) is 62.3 Å². The molecule has 1 aromatic heterocycles. The maximum Gasteiger partial charge on any atom is 0.229 e. The van der Waals surface area contributed by atoms with Gasteiger partial charge < -0.3 is 10.2 Å². The number of likely N-dealkylation sites (tertiary alicyclic amines) is 1. The van der Waals surface area contributed by atoms with Crippen molar-refractivity contribution in [1.29, 1.82) is 0 Å². The lowest BCUT2D eigenvalue weighted by Crippen LogP contribution is -2.25. The molecule has 0 spiro atoms. The van der Waals surface area contributed by atoms with Crippen molar-refractivity contribution >= 4 is 28.8 Å². The molecule has 1 N–H and O–H groups in total. The van der Waals surface area contributed by atoms with E-state index in [4.69, 9.17) is 0 Å². The molecule has 5 nitrogen and oxygen atoms in total. The second-order valence-corrected chi connectivity index (χ2v) is 6.40. The third kappa shape index (κ3) is 3.01. The van der Waals surface area contributed by atoms with Crippen molar-refractivity contribution in [1.82, 2.24) is 9.88 Å². The molecule has 1 fully saturated rings. The number of carbonyl (C=O) groups excluding carboxylic acids is 2. The predicted octanol–water partition coefficient (Wildman–Crippen LogP) is 2.54. The van der Waals surface area contributed by atoms with E-state index in [-0.39, 0.29) is 24.2 Å². The van der Waals surface area contributed by atoms with E-state index in [9.17, 15) is 9.59 Å². The summed E-state index contributed by atoms with van der Waals surface area (Å²) in [4.78, 5) is 29.8. The summed E-state index contributed by atoms with van der Waals surface area (Å²) < 4.78 is 0. The van der Waals surface area contributed by atoms with Crippen molar-refractivity contribution in [3.8, 4) is 10.6 Å². The van der Waals surface area contributed by atoms with Gasteiger partial charge in [0, 0.05) is 42.3 Å². The number of hydrogen-bond acceptors (Lipinski definition) is 4. The van der Waals surface area contributed by atoms with Gasteiger partial charge in [0.2, 0.25) is 11.8 Å². The molecule has 1 aromatic carbocycles. The normalized spacial score (nSPS) is 17.8. The molecule has 0 unspecified atom stereocenters. The number of nitrogens with one attached hydrogen (secondary N) is 1. The fourth-order valence-electron chi connectivity index (χ4n) is 2.50. The molecular formula is C16H17N3O2S. The Kier molecular flexibility index (Phi) is 3.94. The van der Waals surface area contributed by atoms with Gasteiger partial charge in [-0.1, -0.05) is 12.1 Å². The maximum absolute atomic E-state index is 12.3. The van der Waals surface area contributed by atoms with Gasteiger partial charge in [0.1, 0.15) is 5.01 Å². The van der Waals surface area contributed by atoms with Gasteiger partial charge >= 0.3 is 0 Å². The van der Waals surface area contributed by atoms with Gasteiger partial charge in [0.05, 0.1) is 5.92 Å². The molecule has 1 atom stereocenters. The van der Waals surface area contributed by atoms with Gasteiger partial charge in [0.25, 0.3) is 0 Å². The molecule has 22 heavy (non-hydrogen) atoms. The molecule has 0 saturated carbocycles. The first-order chi connectivity index (χ1) is 10.5. The fourth-order valence-corrected chi connectivity index (χ4v) is 3.29. The summed E-state index contributed by atoms with van der Waals surface area (Å²) in [7, 11) is 1.72. The molecule has 114 valence electrons. The summed E-state index contributed by atoms with van der Waals surface area (Å²) >= 11 is 1.58. The Morgan fingerprint density at radius 1 is 1.45 bits per heavy atom. The number of benzene rings is 1. The highest BCUT2D eigenvalue weighted by atomic mass is 32.1. The van der Waals surface area contributed by atoms with E-state index in [2.05, 4.69) is 10.3 Å². The van der Waals surface area contributed by atoms with Gasteiger partial charge in [-0.2, -0.15) is 0 Å². The second-order valence-electron chi connectivity index (χ2n) is 5.54. The van der Waals surface area contributed by atoms with Crippen LogP contribution in [0.25, 0.3) is 10.6 Å². The fraction of sp³-hybridized carbons (Fsp3) is 0.312. The minimum atomic E-state index is -0.275. The first-order valence-electron chi connectivity index (χ1n) is 7.10. The van der Waals surface area contributed by atoms with E-state index >= 15 is 0 Å². The van der Waals surface area contributed by atoms with Gasteiger partial charge in [-0.25, -0.2) is 4.98 Å². The second kappa shape index (κ2) is 5.88. The molecule has 6 heteroatoms. The number of nitrogens with zero attached hydrogens (tertiary/aromatic N) is 2. The molecular weight excluding hydrogens is 298 g/mol. The Labute approximate surface area is 133 Å². The van der Waals surface area contributed by atoms with Crippen molar-refractivity contribution in [2.45, 2.75) is 13.3 Å². The Balaban J connectivity index is 1.73. The van der Waals surface area contributed by atoms with Crippen LogP contribution in [0, 0.1) is 12.8 Å². The van der Waals surface area contributed by atoms with Crippen molar-refractivity contribution in [3.05, 3.63) is 35.3 Å². The molecule has 1 aliphatic rings. The molecule has 0 radical (unpaired) electrons. The third-order valence-corrected chi connectivity index (χ3v) is 4.72. The highest BCUT2D eigenvalue weighted by Crippen LogP contribution is 2.26. The number of aryl methyl sites for hydroxylation is 1. The highest BCUT2D eigenvalue weighted by molar-refractivity contribution is 7.13. The quantitative estimate of drug-likeness (QED) is 0.947.